The minimum absolute atomic E-state index is 0.201. The molecule has 0 atom stereocenters. The summed E-state index contributed by atoms with van der Waals surface area (Å²) in [7, 11) is 0. The number of aromatic nitrogens is 3. The molecular formula is C24H27ClFN9O. The Morgan fingerprint density at radius 1 is 1.14 bits per heavy atom. The maximum Gasteiger partial charge on any atom is 0.245 e. The van der Waals surface area contributed by atoms with Crippen molar-refractivity contribution in [1.82, 2.24) is 25.8 Å². The molecule has 4 N–H and O–H groups in total. The molecule has 2 aliphatic heterocycles. The van der Waals surface area contributed by atoms with E-state index in [4.69, 9.17) is 16.3 Å². The van der Waals surface area contributed by atoms with E-state index in [0.29, 0.717) is 37.9 Å². The Labute approximate surface area is 213 Å². The van der Waals surface area contributed by atoms with E-state index < -0.39 is 5.82 Å². The molecule has 12 heteroatoms. The third-order valence-electron chi connectivity index (χ3n) is 6.04. The molecule has 1 aromatic carbocycles. The first kappa shape index (κ1) is 24.3. The van der Waals surface area contributed by atoms with Gasteiger partial charge in [-0.25, -0.2) is 14.8 Å². The zero-order chi connectivity index (χ0) is 24.9. The maximum absolute atomic E-state index is 14.2. The molecule has 2 aromatic heterocycles. The van der Waals surface area contributed by atoms with Crippen molar-refractivity contribution in [2.45, 2.75) is 12.8 Å². The molecule has 0 radical (unpaired) electrons. The Bertz CT molecular complexity index is 1210. The van der Waals surface area contributed by atoms with Crippen LogP contribution in [-0.4, -0.2) is 60.6 Å². The second-order valence-corrected chi connectivity index (χ2v) is 8.99. The first-order valence-corrected chi connectivity index (χ1v) is 12.1. The number of hydrazine groups is 1. The first-order chi connectivity index (χ1) is 17.6. The zero-order valence-corrected chi connectivity index (χ0v) is 20.5. The summed E-state index contributed by atoms with van der Waals surface area (Å²) in [6, 6.07) is 7.76. The van der Waals surface area contributed by atoms with Crippen molar-refractivity contribution in [2.24, 2.45) is 5.10 Å². The first-order valence-electron chi connectivity index (χ1n) is 11.7. The monoisotopic (exact) mass is 511 g/mol. The summed E-state index contributed by atoms with van der Waals surface area (Å²) in [4.78, 5) is 14.4. The van der Waals surface area contributed by atoms with Crippen LogP contribution in [0.1, 0.15) is 22.7 Å². The molecule has 5 rings (SSSR count). The molecule has 0 spiro atoms. The van der Waals surface area contributed by atoms with Crippen LogP contribution in [0.2, 0.25) is 5.02 Å². The van der Waals surface area contributed by atoms with Crippen LogP contribution in [0.5, 0.6) is 0 Å². The molecule has 4 heterocycles. The van der Waals surface area contributed by atoms with Crippen LogP contribution in [0.25, 0.3) is 0 Å². The standard InChI is InChI=1S/C24H27ClFN9O/c1-15-8-19(9-20(25)22(15)16-10-29-30-11-16)32-18-3-2-17(27-12-18)13-31-34-24-28-14-21(26)23(33-24)35-4-6-36-7-5-35/h2-3,8-9,12-14,16,29-30,32H,4-7,10-11H2,1H3,(H,28,33,34)/b31-13+. The Kier molecular flexibility index (Phi) is 7.52. The number of morpholine rings is 1. The lowest BCUT2D eigenvalue weighted by atomic mass is 9.95. The fourth-order valence-corrected chi connectivity index (χ4v) is 4.72. The van der Waals surface area contributed by atoms with Crippen molar-refractivity contribution in [3.63, 3.8) is 0 Å². The van der Waals surface area contributed by atoms with Crippen molar-refractivity contribution in [3.8, 4) is 0 Å². The van der Waals surface area contributed by atoms with Crippen molar-refractivity contribution >= 4 is 41.0 Å². The Hall–Kier alpha value is -3.38. The number of hydrogen-bond donors (Lipinski definition) is 4. The van der Waals surface area contributed by atoms with Gasteiger partial charge in [-0.3, -0.25) is 15.8 Å². The third kappa shape index (κ3) is 5.71. The van der Waals surface area contributed by atoms with E-state index >= 15 is 0 Å². The van der Waals surface area contributed by atoms with Crippen molar-refractivity contribution in [2.75, 3.05) is 55.0 Å². The minimum atomic E-state index is -0.477. The van der Waals surface area contributed by atoms with Crippen LogP contribution >= 0.6 is 11.6 Å². The van der Waals surface area contributed by atoms with Crippen LogP contribution in [0, 0.1) is 12.7 Å². The highest BCUT2D eigenvalue weighted by Gasteiger charge is 2.21. The molecule has 0 saturated carbocycles. The molecular weight excluding hydrogens is 485 g/mol. The van der Waals surface area contributed by atoms with Gasteiger partial charge in [-0.1, -0.05) is 11.6 Å². The normalized spacial score (nSPS) is 16.6. The lowest BCUT2D eigenvalue weighted by molar-refractivity contribution is 0.122. The highest BCUT2D eigenvalue weighted by Crippen LogP contribution is 2.32. The fourth-order valence-electron chi connectivity index (χ4n) is 4.30. The molecule has 2 fully saturated rings. The molecule has 0 aliphatic carbocycles. The summed E-state index contributed by atoms with van der Waals surface area (Å²) >= 11 is 6.60. The Balaban J connectivity index is 1.20. The summed E-state index contributed by atoms with van der Waals surface area (Å²) in [5.74, 6) is 0.313. The quantitative estimate of drug-likeness (QED) is 0.280. The SMILES string of the molecule is Cc1cc(Nc2ccc(/C=N/Nc3ncc(F)c(N4CCOCC4)n3)nc2)cc(Cl)c1C1CNNC1. The van der Waals surface area contributed by atoms with E-state index in [1.54, 1.807) is 12.4 Å². The number of nitrogens with zero attached hydrogens (tertiary/aromatic N) is 5. The summed E-state index contributed by atoms with van der Waals surface area (Å²) in [5.41, 5.74) is 13.7. The van der Waals surface area contributed by atoms with Gasteiger partial charge in [0.1, 0.15) is 0 Å². The van der Waals surface area contributed by atoms with Gasteiger partial charge < -0.3 is 15.0 Å². The van der Waals surface area contributed by atoms with Crippen LogP contribution in [0.15, 0.2) is 41.8 Å². The second-order valence-electron chi connectivity index (χ2n) is 8.58. The number of aryl methyl sites for hydroxylation is 1. The van der Waals surface area contributed by atoms with Gasteiger partial charge >= 0.3 is 0 Å². The average Bonchev–Trinajstić information content (AvgIpc) is 3.41. The number of hydrogen-bond acceptors (Lipinski definition) is 10. The van der Waals surface area contributed by atoms with Crippen molar-refractivity contribution in [1.29, 1.82) is 0 Å². The van der Waals surface area contributed by atoms with Gasteiger partial charge in [0.15, 0.2) is 11.6 Å². The number of pyridine rings is 1. The second kappa shape index (κ2) is 11.1. The summed E-state index contributed by atoms with van der Waals surface area (Å²) < 4.78 is 19.5. The van der Waals surface area contributed by atoms with Gasteiger partial charge in [-0.2, -0.15) is 10.1 Å². The lowest BCUT2D eigenvalue weighted by Crippen LogP contribution is -2.37. The van der Waals surface area contributed by atoms with Gasteiger partial charge in [0.05, 0.1) is 43.2 Å². The topological polar surface area (TPSA) is 112 Å². The summed E-state index contributed by atoms with van der Waals surface area (Å²) in [6.45, 7) is 6.02. The van der Waals surface area contributed by atoms with E-state index in [9.17, 15) is 4.39 Å². The Morgan fingerprint density at radius 2 is 1.94 bits per heavy atom. The summed E-state index contributed by atoms with van der Waals surface area (Å²) in [6.07, 6.45) is 4.40. The molecule has 0 bridgehead atoms. The average molecular weight is 512 g/mol. The molecule has 0 amide bonds. The number of ether oxygens (including phenoxy) is 1. The van der Waals surface area contributed by atoms with Crippen LogP contribution in [0.3, 0.4) is 0 Å². The van der Waals surface area contributed by atoms with E-state index in [1.807, 2.05) is 23.1 Å². The number of hydrazone groups is 1. The molecule has 10 nitrogen and oxygen atoms in total. The Morgan fingerprint density at radius 3 is 2.67 bits per heavy atom. The van der Waals surface area contributed by atoms with Gasteiger partial charge in [-0.05, 0) is 42.3 Å². The maximum atomic E-state index is 14.2. The molecule has 36 heavy (non-hydrogen) atoms. The highest BCUT2D eigenvalue weighted by atomic mass is 35.5. The van der Waals surface area contributed by atoms with Gasteiger partial charge in [0.2, 0.25) is 5.95 Å². The van der Waals surface area contributed by atoms with E-state index in [2.05, 4.69) is 54.6 Å². The number of halogens is 2. The largest absolute Gasteiger partial charge is 0.378 e. The molecule has 188 valence electrons. The van der Waals surface area contributed by atoms with Gasteiger partial charge in [0, 0.05) is 42.8 Å². The van der Waals surface area contributed by atoms with Crippen molar-refractivity contribution < 1.29 is 9.13 Å². The van der Waals surface area contributed by atoms with E-state index in [1.165, 1.54) is 5.56 Å². The van der Waals surface area contributed by atoms with Crippen LogP contribution in [0.4, 0.5) is 27.5 Å². The summed E-state index contributed by atoms with van der Waals surface area (Å²) in [5, 5.41) is 8.23. The number of benzene rings is 1. The molecule has 3 aromatic rings. The fraction of sp³-hybridized carbons (Fsp3) is 0.333. The molecule has 2 aliphatic rings. The molecule has 0 unspecified atom stereocenters. The van der Waals surface area contributed by atoms with Crippen LogP contribution < -0.4 is 26.5 Å². The van der Waals surface area contributed by atoms with E-state index in [0.717, 1.165) is 41.2 Å². The predicted molar refractivity (Wildman–Crippen MR) is 139 cm³/mol. The van der Waals surface area contributed by atoms with Gasteiger partial charge in [-0.15, -0.1) is 0 Å². The third-order valence-corrected chi connectivity index (χ3v) is 6.35. The minimum Gasteiger partial charge on any atom is -0.378 e. The number of rotatable bonds is 7. The molecule has 2 saturated heterocycles. The van der Waals surface area contributed by atoms with Crippen LogP contribution in [-0.2, 0) is 4.74 Å². The number of nitrogens with one attached hydrogen (secondary N) is 4. The van der Waals surface area contributed by atoms with Gasteiger partial charge in [0.25, 0.3) is 0 Å². The van der Waals surface area contributed by atoms with Crippen molar-refractivity contribution in [3.05, 3.63) is 64.3 Å². The lowest BCUT2D eigenvalue weighted by Gasteiger charge is -2.27. The number of anilines is 4. The smallest absolute Gasteiger partial charge is 0.245 e. The highest BCUT2D eigenvalue weighted by molar-refractivity contribution is 6.31. The predicted octanol–water partition coefficient (Wildman–Crippen LogP) is 3.19. The van der Waals surface area contributed by atoms with E-state index in [-0.39, 0.29) is 11.8 Å². The zero-order valence-electron chi connectivity index (χ0n) is 19.8.